The second-order valence-electron chi connectivity index (χ2n) is 5.88. The van der Waals surface area contributed by atoms with Gasteiger partial charge in [0.1, 0.15) is 0 Å². The first-order valence-electron chi connectivity index (χ1n) is 8.29. The van der Waals surface area contributed by atoms with E-state index < -0.39 is 10.0 Å². The Hall–Kier alpha value is -3.19. The Bertz CT molecular complexity index is 1020. The van der Waals surface area contributed by atoms with Crippen LogP contribution >= 0.6 is 0 Å². The molecule has 0 saturated carbocycles. The van der Waals surface area contributed by atoms with Crippen LogP contribution in [0.15, 0.2) is 84.0 Å². The summed E-state index contributed by atoms with van der Waals surface area (Å²) in [5.74, 6) is -0.286. The quantitative estimate of drug-likeness (QED) is 0.712. The zero-order valence-corrected chi connectivity index (χ0v) is 15.6. The predicted molar refractivity (Wildman–Crippen MR) is 104 cm³/mol. The number of nitrogens with one attached hydrogen (secondary N) is 1. The molecule has 0 aliphatic carbocycles. The number of hydrogen-bond acceptors (Lipinski definition) is 4. The molecule has 0 aliphatic rings. The van der Waals surface area contributed by atoms with Crippen LogP contribution in [-0.2, 0) is 16.6 Å². The summed E-state index contributed by atoms with van der Waals surface area (Å²) in [6.45, 7) is 0.342. The second kappa shape index (κ2) is 8.01. The summed E-state index contributed by atoms with van der Waals surface area (Å²) in [6, 6.07) is 18.3. The Balaban J connectivity index is 1.77. The van der Waals surface area contributed by atoms with Crippen LogP contribution in [0.2, 0.25) is 0 Å². The van der Waals surface area contributed by atoms with Crippen LogP contribution in [0.3, 0.4) is 0 Å². The van der Waals surface area contributed by atoms with Crippen LogP contribution in [0.4, 0.5) is 5.69 Å². The van der Waals surface area contributed by atoms with Gasteiger partial charge in [0.15, 0.2) is 0 Å². The maximum absolute atomic E-state index is 12.7. The lowest BCUT2D eigenvalue weighted by Crippen LogP contribution is -2.27. The largest absolute Gasteiger partial charge is 0.348 e. The Morgan fingerprint density at radius 1 is 1.04 bits per heavy atom. The monoisotopic (exact) mass is 381 g/mol. The fourth-order valence-electron chi connectivity index (χ4n) is 2.52. The first-order chi connectivity index (χ1) is 13.0. The third-order valence-electron chi connectivity index (χ3n) is 4.05. The van der Waals surface area contributed by atoms with E-state index in [0.717, 1.165) is 5.56 Å². The standard InChI is InChI=1S/C20H19N3O3S/c1-23(27(25,26)19-10-3-2-4-11-19)18-9-5-8-17(13-18)20(24)22-15-16-7-6-12-21-14-16/h2-14H,15H2,1H3,(H,22,24). The molecule has 3 rings (SSSR count). The number of sulfonamides is 1. The fraction of sp³-hybridized carbons (Fsp3) is 0.100. The van der Waals surface area contributed by atoms with Gasteiger partial charge in [0.2, 0.25) is 0 Å². The molecule has 0 spiro atoms. The van der Waals surface area contributed by atoms with E-state index in [2.05, 4.69) is 10.3 Å². The Morgan fingerprint density at radius 3 is 2.52 bits per heavy atom. The fourth-order valence-corrected chi connectivity index (χ4v) is 3.73. The van der Waals surface area contributed by atoms with Crippen LogP contribution < -0.4 is 9.62 Å². The van der Waals surface area contributed by atoms with Crippen molar-refractivity contribution in [3.63, 3.8) is 0 Å². The predicted octanol–water partition coefficient (Wildman–Crippen LogP) is 2.84. The van der Waals surface area contributed by atoms with E-state index in [-0.39, 0.29) is 10.8 Å². The third kappa shape index (κ3) is 4.32. The van der Waals surface area contributed by atoms with Crippen molar-refractivity contribution >= 4 is 21.6 Å². The molecule has 2 aromatic carbocycles. The van der Waals surface area contributed by atoms with E-state index in [9.17, 15) is 13.2 Å². The van der Waals surface area contributed by atoms with E-state index in [1.54, 1.807) is 60.9 Å². The second-order valence-corrected chi connectivity index (χ2v) is 7.85. The molecule has 0 bridgehead atoms. The first-order valence-corrected chi connectivity index (χ1v) is 9.73. The van der Waals surface area contributed by atoms with Crippen LogP contribution in [0.5, 0.6) is 0 Å². The SMILES string of the molecule is CN(c1cccc(C(=O)NCc2cccnc2)c1)S(=O)(=O)c1ccccc1. The molecule has 1 N–H and O–H groups in total. The van der Waals surface area contributed by atoms with Gasteiger partial charge >= 0.3 is 0 Å². The molecule has 1 amide bonds. The number of hydrogen-bond donors (Lipinski definition) is 1. The van der Waals surface area contributed by atoms with Crippen molar-refractivity contribution in [2.75, 3.05) is 11.4 Å². The van der Waals surface area contributed by atoms with Gasteiger partial charge in [-0.05, 0) is 42.0 Å². The lowest BCUT2D eigenvalue weighted by molar-refractivity contribution is 0.0951. The number of aromatic nitrogens is 1. The van der Waals surface area contributed by atoms with E-state index in [0.29, 0.717) is 17.8 Å². The summed E-state index contributed by atoms with van der Waals surface area (Å²) >= 11 is 0. The number of carbonyl (C=O) groups excluding carboxylic acids is 1. The highest BCUT2D eigenvalue weighted by Gasteiger charge is 2.21. The Morgan fingerprint density at radius 2 is 1.81 bits per heavy atom. The molecule has 0 atom stereocenters. The molecule has 0 saturated heterocycles. The number of amides is 1. The number of anilines is 1. The van der Waals surface area contributed by atoms with Crippen molar-refractivity contribution < 1.29 is 13.2 Å². The smallest absolute Gasteiger partial charge is 0.264 e. The van der Waals surface area contributed by atoms with Crippen molar-refractivity contribution in [1.29, 1.82) is 0 Å². The summed E-state index contributed by atoms with van der Waals surface area (Å²) in [5.41, 5.74) is 1.67. The van der Waals surface area contributed by atoms with Crippen molar-refractivity contribution in [3.05, 3.63) is 90.3 Å². The van der Waals surface area contributed by atoms with Gasteiger partial charge in [-0.3, -0.25) is 14.1 Å². The summed E-state index contributed by atoms with van der Waals surface area (Å²) in [6.07, 6.45) is 3.34. The van der Waals surface area contributed by atoms with Crippen molar-refractivity contribution in [2.24, 2.45) is 0 Å². The third-order valence-corrected chi connectivity index (χ3v) is 5.85. The number of pyridine rings is 1. The maximum Gasteiger partial charge on any atom is 0.264 e. The normalized spacial score (nSPS) is 11.0. The molecule has 0 fully saturated rings. The molecule has 1 aromatic heterocycles. The van der Waals surface area contributed by atoms with Crippen molar-refractivity contribution in [1.82, 2.24) is 10.3 Å². The lowest BCUT2D eigenvalue weighted by atomic mass is 10.2. The highest BCUT2D eigenvalue weighted by Crippen LogP contribution is 2.22. The topological polar surface area (TPSA) is 79.4 Å². The van der Waals surface area contributed by atoms with Gasteiger partial charge in [-0.1, -0.05) is 30.3 Å². The molecule has 0 radical (unpaired) electrons. The Kier molecular flexibility index (Phi) is 5.52. The Labute approximate surface area is 158 Å². The molecule has 3 aromatic rings. The average Bonchev–Trinajstić information content (AvgIpc) is 2.73. The summed E-state index contributed by atoms with van der Waals surface area (Å²) in [5, 5.41) is 2.80. The van der Waals surface area contributed by atoms with Crippen molar-refractivity contribution in [3.8, 4) is 0 Å². The van der Waals surface area contributed by atoms with Crippen LogP contribution in [0.25, 0.3) is 0 Å². The molecule has 0 unspecified atom stereocenters. The van der Waals surface area contributed by atoms with E-state index in [1.807, 2.05) is 6.07 Å². The minimum atomic E-state index is -3.70. The molecule has 0 aliphatic heterocycles. The summed E-state index contributed by atoms with van der Waals surface area (Å²) in [7, 11) is -2.23. The van der Waals surface area contributed by atoms with E-state index in [1.165, 1.54) is 23.5 Å². The first kappa shape index (κ1) is 18.6. The molecule has 7 heteroatoms. The maximum atomic E-state index is 12.7. The van der Waals surface area contributed by atoms with Crippen LogP contribution in [0.1, 0.15) is 15.9 Å². The van der Waals surface area contributed by atoms with E-state index >= 15 is 0 Å². The summed E-state index contributed by atoms with van der Waals surface area (Å²) < 4.78 is 26.7. The highest BCUT2D eigenvalue weighted by atomic mass is 32.2. The molecular formula is C20H19N3O3S. The molecule has 1 heterocycles. The molecule has 6 nitrogen and oxygen atoms in total. The van der Waals surface area contributed by atoms with Gasteiger partial charge < -0.3 is 5.32 Å². The van der Waals surface area contributed by atoms with Gasteiger partial charge in [-0.15, -0.1) is 0 Å². The number of carbonyl (C=O) groups is 1. The summed E-state index contributed by atoms with van der Waals surface area (Å²) in [4.78, 5) is 16.6. The van der Waals surface area contributed by atoms with Crippen LogP contribution in [-0.4, -0.2) is 26.4 Å². The van der Waals surface area contributed by atoms with Crippen LogP contribution in [0, 0.1) is 0 Å². The highest BCUT2D eigenvalue weighted by molar-refractivity contribution is 7.92. The molecular weight excluding hydrogens is 362 g/mol. The zero-order chi connectivity index (χ0) is 19.3. The molecule has 27 heavy (non-hydrogen) atoms. The van der Waals surface area contributed by atoms with Gasteiger partial charge in [-0.25, -0.2) is 8.42 Å². The van der Waals surface area contributed by atoms with Gasteiger partial charge in [-0.2, -0.15) is 0 Å². The number of benzene rings is 2. The number of nitrogens with zero attached hydrogens (tertiary/aromatic N) is 2. The zero-order valence-electron chi connectivity index (χ0n) is 14.7. The van der Waals surface area contributed by atoms with Gasteiger partial charge in [0.05, 0.1) is 10.6 Å². The van der Waals surface area contributed by atoms with Gasteiger partial charge in [0.25, 0.3) is 15.9 Å². The van der Waals surface area contributed by atoms with E-state index in [4.69, 9.17) is 0 Å². The minimum Gasteiger partial charge on any atom is -0.348 e. The lowest BCUT2D eigenvalue weighted by Gasteiger charge is -2.20. The number of rotatable bonds is 6. The molecule has 138 valence electrons. The minimum absolute atomic E-state index is 0.193. The average molecular weight is 381 g/mol. The van der Waals surface area contributed by atoms with Gasteiger partial charge in [0, 0.05) is 31.5 Å². The van der Waals surface area contributed by atoms with Crippen molar-refractivity contribution in [2.45, 2.75) is 11.4 Å².